The average molecular weight is 436 g/mol. The molecule has 1 heteroatoms. The molecule has 0 aliphatic carbocycles. The number of aryl methyl sites for hydroxylation is 4. The van der Waals surface area contributed by atoms with Crippen molar-refractivity contribution in [2.75, 3.05) is 0 Å². The normalized spacial score (nSPS) is 8.89. The van der Waals surface area contributed by atoms with Gasteiger partial charge in [0.2, 0.25) is 0 Å². The van der Waals surface area contributed by atoms with Crippen molar-refractivity contribution in [1.82, 2.24) is 0 Å². The molecule has 140 valence electrons. The Bertz CT molecular complexity index is 859. The van der Waals surface area contributed by atoms with Gasteiger partial charge in [0.25, 0.3) is 0 Å². The number of rotatable bonds is 0. The van der Waals surface area contributed by atoms with Crippen LogP contribution in [0.2, 0.25) is 0 Å². The van der Waals surface area contributed by atoms with Gasteiger partial charge < -0.3 is 14.9 Å². The van der Waals surface area contributed by atoms with Gasteiger partial charge in [-0.25, -0.2) is 0 Å². The standard InChI is InChI=1S/2C11H11.C2H4.2CH3.Zr/c2*1-8-7-10-5-3-4-6-11(10)9(8)2;1-2;;;/h2*3-7H,1-2H3;1-2H2;2*1H3;/q2*-1;;2*-1;+4. The van der Waals surface area contributed by atoms with Crippen molar-refractivity contribution in [3.63, 3.8) is 0 Å². The monoisotopic (exact) mass is 434 g/mol. The van der Waals surface area contributed by atoms with E-state index < -0.39 is 0 Å². The van der Waals surface area contributed by atoms with Crippen molar-refractivity contribution in [1.29, 1.82) is 0 Å². The molecule has 4 rings (SSSR count). The predicted molar refractivity (Wildman–Crippen MR) is 122 cm³/mol. The largest absolute Gasteiger partial charge is 4.00 e. The second kappa shape index (κ2) is 12.6. The molecule has 0 atom stereocenters. The topological polar surface area (TPSA) is 0 Å². The first-order valence-electron chi connectivity index (χ1n) is 8.31. The minimum Gasteiger partial charge on any atom is -0.358 e. The molecule has 0 spiro atoms. The van der Waals surface area contributed by atoms with Gasteiger partial charge in [0.05, 0.1) is 0 Å². The third kappa shape index (κ3) is 6.15. The Balaban J connectivity index is 0. The van der Waals surface area contributed by atoms with Gasteiger partial charge in [0.15, 0.2) is 0 Å². The first-order chi connectivity index (χ1) is 11.6. The minimum absolute atomic E-state index is 0. The molecule has 0 unspecified atom stereocenters. The van der Waals surface area contributed by atoms with Crippen LogP contribution in [0.15, 0.2) is 73.8 Å². The molecule has 0 N–H and O–H groups in total. The Kier molecular flexibility index (Phi) is 12.9. The van der Waals surface area contributed by atoms with Gasteiger partial charge in [-0.2, -0.15) is 11.1 Å². The second-order valence-corrected chi connectivity index (χ2v) is 6.08. The van der Waals surface area contributed by atoms with Crippen LogP contribution >= 0.6 is 0 Å². The number of fused-ring (bicyclic) bond motifs is 2. The predicted octanol–water partition coefficient (Wildman–Crippen LogP) is 8.05. The van der Waals surface area contributed by atoms with Gasteiger partial charge in [0, 0.05) is 0 Å². The van der Waals surface area contributed by atoms with Gasteiger partial charge in [-0.1, -0.05) is 39.8 Å². The summed E-state index contributed by atoms with van der Waals surface area (Å²) >= 11 is 0. The average Bonchev–Trinajstić information content (AvgIpc) is 3.07. The zero-order valence-electron chi connectivity index (χ0n) is 17.7. The molecule has 0 nitrogen and oxygen atoms in total. The SMILES string of the molecule is C=C.Cc1[cH-]c2ccccc2c1C.Cc1[cH-]c2ccccc2c1C.[CH3-].[CH3-].[Zr+4]. The van der Waals surface area contributed by atoms with E-state index in [1.54, 1.807) is 0 Å². The summed E-state index contributed by atoms with van der Waals surface area (Å²) in [6.07, 6.45) is 0. The smallest absolute Gasteiger partial charge is 0.358 e. The molecule has 0 saturated carbocycles. The molecule has 0 saturated heterocycles. The van der Waals surface area contributed by atoms with Gasteiger partial charge in [-0.05, 0) is 0 Å². The van der Waals surface area contributed by atoms with E-state index in [-0.39, 0.29) is 41.1 Å². The maximum atomic E-state index is 3.00. The van der Waals surface area contributed by atoms with Crippen LogP contribution in [0.1, 0.15) is 22.3 Å². The fourth-order valence-corrected chi connectivity index (χ4v) is 3.04. The van der Waals surface area contributed by atoms with Crippen molar-refractivity contribution in [3.05, 3.63) is 111 Å². The first kappa shape index (κ1) is 27.5. The maximum Gasteiger partial charge on any atom is 4.00 e. The summed E-state index contributed by atoms with van der Waals surface area (Å²) in [4.78, 5) is 0. The number of hydrogen-bond acceptors (Lipinski definition) is 0. The van der Waals surface area contributed by atoms with Gasteiger partial charge in [-0.15, -0.1) is 94.4 Å². The Hall–Kier alpha value is -1.72. The van der Waals surface area contributed by atoms with Crippen LogP contribution in [0.25, 0.3) is 21.5 Å². The van der Waals surface area contributed by atoms with Crippen molar-refractivity contribution in [3.8, 4) is 0 Å². The van der Waals surface area contributed by atoms with Crippen LogP contribution < -0.4 is 0 Å². The molecule has 0 aromatic heterocycles. The zero-order valence-corrected chi connectivity index (χ0v) is 20.1. The fourth-order valence-electron chi connectivity index (χ4n) is 3.04. The molecule has 4 aromatic carbocycles. The van der Waals surface area contributed by atoms with E-state index in [9.17, 15) is 0 Å². The van der Waals surface area contributed by atoms with E-state index in [2.05, 4.69) is 102 Å². The summed E-state index contributed by atoms with van der Waals surface area (Å²) in [6.45, 7) is 14.7. The second-order valence-electron chi connectivity index (χ2n) is 6.08. The third-order valence-corrected chi connectivity index (χ3v) is 4.66. The summed E-state index contributed by atoms with van der Waals surface area (Å²) < 4.78 is 0. The zero-order chi connectivity index (χ0) is 17.7. The van der Waals surface area contributed by atoms with Gasteiger partial charge >= 0.3 is 26.2 Å². The number of hydrogen-bond donors (Lipinski definition) is 0. The molecule has 0 bridgehead atoms. The summed E-state index contributed by atoms with van der Waals surface area (Å²) in [7, 11) is 0. The Morgan fingerprint density at radius 3 is 1.19 bits per heavy atom. The van der Waals surface area contributed by atoms with Crippen LogP contribution in [-0.2, 0) is 26.2 Å². The summed E-state index contributed by atoms with van der Waals surface area (Å²) in [6, 6.07) is 21.5. The fraction of sp³-hybridized carbons (Fsp3) is 0.154. The molecule has 0 amide bonds. The van der Waals surface area contributed by atoms with Crippen molar-refractivity contribution in [2.24, 2.45) is 0 Å². The molecular weight excluding hydrogens is 404 g/mol. The Morgan fingerprint density at radius 2 is 0.889 bits per heavy atom. The van der Waals surface area contributed by atoms with Crippen molar-refractivity contribution in [2.45, 2.75) is 27.7 Å². The molecule has 0 aliphatic heterocycles. The molecule has 0 fully saturated rings. The van der Waals surface area contributed by atoms with E-state index in [1.165, 1.54) is 43.8 Å². The Morgan fingerprint density at radius 1 is 0.593 bits per heavy atom. The summed E-state index contributed by atoms with van der Waals surface area (Å²) in [5, 5.41) is 5.51. The summed E-state index contributed by atoms with van der Waals surface area (Å²) in [5.41, 5.74) is 5.62. The number of benzene rings is 2. The van der Waals surface area contributed by atoms with Crippen LogP contribution in [-0.4, -0.2) is 0 Å². The van der Waals surface area contributed by atoms with E-state index in [0.29, 0.717) is 0 Å². The molecule has 4 aromatic rings. The van der Waals surface area contributed by atoms with E-state index in [4.69, 9.17) is 0 Å². The van der Waals surface area contributed by atoms with Crippen LogP contribution in [0.4, 0.5) is 0 Å². The molecule has 0 radical (unpaired) electrons. The van der Waals surface area contributed by atoms with Crippen molar-refractivity contribution < 1.29 is 26.2 Å². The van der Waals surface area contributed by atoms with E-state index in [0.717, 1.165) is 0 Å². The van der Waals surface area contributed by atoms with E-state index in [1.807, 2.05) is 0 Å². The molecule has 27 heavy (non-hydrogen) atoms. The minimum atomic E-state index is 0. The van der Waals surface area contributed by atoms with Crippen LogP contribution in [0, 0.1) is 42.5 Å². The molecular formula is C26H32Zr. The maximum absolute atomic E-state index is 3.00. The third-order valence-electron chi connectivity index (χ3n) is 4.66. The van der Waals surface area contributed by atoms with E-state index >= 15 is 0 Å². The van der Waals surface area contributed by atoms with Crippen LogP contribution in [0.3, 0.4) is 0 Å². The molecule has 0 heterocycles. The Labute approximate surface area is 185 Å². The quantitative estimate of drug-likeness (QED) is 0.193. The van der Waals surface area contributed by atoms with Crippen LogP contribution in [0.5, 0.6) is 0 Å². The van der Waals surface area contributed by atoms with Crippen molar-refractivity contribution >= 4 is 21.5 Å². The first-order valence-corrected chi connectivity index (χ1v) is 8.31. The molecule has 0 aliphatic rings. The summed E-state index contributed by atoms with van der Waals surface area (Å²) in [5.74, 6) is 0. The van der Waals surface area contributed by atoms with Gasteiger partial charge in [-0.3, -0.25) is 0 Å². The van der Waals surface area contributed by atoms with Gasteiger partial charge in [0.1, 0.15) is 0 Å².